The van der Waals surface area contributed by atoms with Crippen molar-refractivity contribution in [1.82, 2.24) is 0 Å². The Morgan fingerprint density at radius 2 is 0.609 bits per heavy atom. The molecule has 0 amide bonds. The first-order valence-corrected chi connectivity index (χ1v) is 25.4. The van der Waals surface area contributed by atoms with Crippen molar-refractivity contribution >= 4 is 33.8 Å². The van der Waals surface area contributed by atoms with Gasteiger partial charge in [0.25, 0.3) is 0 Å². The molecule has 4 heterocycles. The molecule has 0 N–H and O–H groups in total. The number of carbonyl (C=O) groups is 3. The number of rotatable bonds is 15. The number of hydrogen-bond donors (Lipinski definition) is 0. The largest absolute Gasteiger partial charge is 0.461 e. The Balaban J connectivity index is 1.50. The van der Waals surface area contributed by atoms with Gasteiger partial charge in [0.1, 0.15) is 65.8 Å². The molecule has 69 heavy (non-hydrogen) atoms. The standard InChI is InChI=1S/C54H61BrO14/c1-8-12-31-35-16-36-32(13-9-2)38-18-40-34(15-11-4)42-19-41-33(14-10-3)39-17-37(31)49-44(21-59-28(5)56)51(39)66-26-68-53(41)46(23-61-30(7)58)54(42)69-27-67-52(40)45(22-60-29(6)57)50(38)65-25-63-48(36)43(20-55)47(35)62-24-64-49/h16-19,31-34H,8-15,20-27H2,1-7H3/t31-,32-,33-,34-/m0/s1. The summed E-state index contributed by atoms with van der Waals surface area (Å²) in [5.74, 6) is 1.78. The van der Waals surface area contributed by atoms with Crippen LogP contribution in [0.15, 0.2) is 24.3 Å². The summed E-state index contributed by atoms with van der Waals surface area (Å²) < 4.78 is 71.5. The molecule has 0 unspecified atom stereocenters. The van der Waals surface area contributed by atoms with Gasteiger partial charge in [0.15, 0.2) is 0 Å². The van der Waals surface area contributed by atoms with E-state index in [9.17, 15) is 14.4 Å². The first kappa shape index (κ1) is 48.2. The number of benzene rings is 4. The van der Waals surface area contributed by atoms with Crippen LogP contribution in [-0.2, 0) is 53.7 Å². The second-order valence-corrected chi connectivity index (χ2v) is 18.8. The Bertz CT molecular complexity index is 2490. The van der Waals surface area contributed by atoms with Crippen LogP contribution in [0.25, 0.3) is 0 Å². The lowest BCUT2D eigenvalue weighted by molar-refractivity contribution is -0.143. The number of esters is 3. The van der Waals surface area contributed by atoms with Crippen molar-refractivity contribution in [3.8, 4) is 46.0 Å². The van der Waals surface area contributed by atoms with E-state index in [2.05, 4.69) is 67.9 Å². The Labute approximate surface area is 411 Å². The average molecular weight is 1010 g/mol. The maximum absolute atomic E-state index is 12.7. The molecule has 0 saturated carbocycles. The third-order valence-electron chi connectivity index (χ3n) is 13.9. The van der Waals surface area contributed by atoms with E-state index in [1.165, 1.54) is 20.8 Å². The Morgan fingerprint density at radius 3 is 0.783 bits per heavy atom. The molecule has 4 atom stereocenters. The van der Waals surface area contributed by atoms with E-state index < -0.39 is 17.9 Å². The van der Waals surface area contributed by atoms with Crippen LogP contribution in [0.2, 0.25) is 0 Å². The lowest BCUT2D eigenvalue weighted by Gasteiger charge is -2.37. The SMILES string of the molecule is CCC[C@@H]1c2cc3c4c(COC(C)=O)c2OCOc2c1cc1c(c2COC(C)=O)OCOc2c(cc5c(c2CBr)OCOc2c(cc(c(c2COC(C)=O)OCO4)[C@@H]3CCC)[C@H]5CCC)[C@@H]1CCC. The van der Waals surface area contributed by atoms with Gasteiger partial charge in [-0.05, 0) is 49.9 Å². The van der Waals surface area contributed by atoms with Gasteiger partial charge in [0.2, 0.25) is 27.2 Å². The number of alkyl halides is 1. The Morgan fingerprint density at radius 1 is 0.406 bits per heavy atom. The minimum atomic E-state index is -0.463. The van der Waals surface area contributed by atoms with Crippen LogP contribution >= 0.6 is 15.9 Å². The van der Waals surface area contributed by atoms with E-state index >= 15 is 0 Å². The van der Waals surface area contributed by atoms with Gasteiger partial charge >= 0.3 is 17.9 Å². The molecule has 14 nitrogen and oxygen atoms in total. The monoisotopic (exact) mass is 1010 g/mol. The highest BCUT2D eigenvalue weighted by atomic mass is 79.9. The highest BCUT2D eigenvalue weighted by Gasteiger charge is 2.41. The quantitative estimate of drug-likeness (QED) is 0.0630. The van der Waals surface area contributed by atoms with E-state index in [4.69, 9.17) is 52.1 Å². The molecule has 9 rings (SSSR count). The van der Waals surface area contributed by atoms with Gasteiger partial charge in [-0.2, -0.15) is 0 Å². The summed E-state index contributed by atoms with van der Waals surface area (Å²) in [5.41, 5.74) is 9.83. The molecule has 15 heteroatoms. The van der Waals surface area contributed by atoms with Gasteiger partial charge in [-0.1, -0.05) is 69.3 Å². The number of ether oxygens (including phenoxy) is 11. The topological polar surface area (TPSA) is 153 Å². The van der Waals surface area contributed by atoms with Gasteiger partial charge in [-0.3, -0.25) is 14.4 Å². The van der Waals surface area contributed by atoms with Crippen molar-refractivity contribution in [3.63, 3.8) is 0 Å². The molecule has 0 radical (unpaired) electrons. The first-order chi connectivity index (χ1) is 33.5. The van der Waals surface area contributed by atoms with Crippen LogP contribution in [0, 0.1) is 0 Å². The minimum Gasteiger partial charge on any atom is -0.461 e. The van der Waals surface area contributed by atoms with Crippen LogP contribution in [0.5, 0.6) is 46.0 Å². The fourth-order valence-electron chi connectivity index (χ4n) is 11.1. The average Bonchev–Trinajstić information content (AvgIpc) is 3.30. The van der Waals surface area contributed by atoms with Crippen molar-refractivity contribution < 1.29 is 66.5 Å². The van der Waals surface area contributed by atoms with E-state index in [-0.39, 0.29) is 70.7 Å². The molecule has 0 fully saturated rings. The van der Waals surface area contributed by atoms with Crippen LogP contribution in [0.3, 0.4) is 0 Å². The third-order valence-corrected chi connectivity index (χ3v) is 14.4. The van der Waals surface area contributed by atoms with Gasteiger partial charge in [-0.25, -0.2) is 0 Å². The molecular weight excluding hydrogens is 952 g/mol. The molecule has 0 saturated heterocycles. The van der Waals surface area contributed by atoms with Crippen LogP contribution in [0.1, 0.15) is 190 Å². The van der Waals surface area contributed by atoms with E-state index in [0.717, 1.165) is 75.8 Å². The van der Waals surface area contributed by atoms with Gasteiger partial charge < -0.3 is 52.1 Å². The summed E-state index contributed by atoms with van der Waals surface area (Å²) in [7, 11) is 0. The van der Waals surface area contributed by atoms with Gasteiger partial charge in [0, 0.05) is 99.8 Å². The van der Waals surface area contributed by atoms with E-state index in [1.54, 1.807) is 0 Å². The summed E-state index contributed by atoms with van der Waals surface area (Å²) in [6.45, 7) is 11.6. The number of hydrogen-bond acceptors (Lipinski definition) is 14. The predicted octanol–water partition coefficient (Wildman–Crippen LogP) is 11.7. The highest BCUT2D eigenvalue weighted by molar-refractivity contribution is 9.08. The molecule has 8 bridgehead atoms. The molecule has 0 spiro atoms. The Kier molecular flexibility index (Phi) is 14.4. The maximum Gasteiger partial charge on any atom is 0.302 e. The van der Waals surface area contributed by atoms with Gasteiger partial charge in [0.05, 0.1) is 16.7 Å². The van der Waals surface area contributed by atoms with Gasteiger partial charge in [-0.15, -0.1) is 0 Å². The molecular formula is C54H61BrO14. The normalized spacial score (nSPS) is 18.8. The van der Waals surface area contributed by atoms with Crippen LogP contribution < -0.4 is 37.9 Å². The number of halogens is 1. The lowest BCUT2D eigenvalue weighted by atomic mass is 9.74. The molecule has 1 aliphatic carbocycles. The molecule has 5 aliphatic rings. The zero-order chi connectivity index (χ0) is 48.5. The van der Waals surface area contributed by atoms with Crippen molar-refractivity contribution in [2.75, 3.05) is 27.2 Å². The fourth-order valence-corrected chi connectivity index (χ4v) is 11.6. The second kappa shape index (κ2) is 20.6. The van der Waals surface area contributed by atoms with Crippen LogP contribution in [0.4, 0.5) is 0 Å². The van der Waals surface area contributed by atoms with E-state index in [0.29, 0.717) is 93.7 Å². The molecule has 4 aromatic rings. The molecule has 4 aliphatic heterocycles. The molecule has 4 aromatic carbocycles. The minimum absolute atomic E-state index is 0.119. The third kappa shape index (κ3) is 8.88. The summed E-state index contributed by atoms with van der Waals surface area (Å²) in [4.78, 5) is 38.1. The van der Waals surface area contributed by atoms with Crippen LogP contribution in [-0.4, -0.2) is 45.1 Å². The highest BCUT2D eigenvalue weighted by Crippen LogP contribution is 2.58. The smallest absolute Gasteiger partial charge is 0.302 e. The van der Waals surface area contributed by atoms with Crippen molar-refractivity contribution in [3.05, 3.63) is 91.0 Å². The maximum atomic E-state index is 12.7. The predicted molar refractivity (Wildman–Crippen MR) is 256 cm³/mol. The second-order valence-electron chi connectivity index (χ2n) is 18.2. The zero-order valence-electron chi connectivity index (χ0n) is 40.5. The molecule has 368 valence electrons. The Hall–Kier alpha value is -5.83. The van der Waals surface area contributed by atoms with Crippen molar-refractivity contribution in [2.45, 2.75) is 149 Å². The fraction of sp³-hybridized carbons (Fsp3) is 0.500. The zero-order valence-corrected chi connectivity index (χ0v) is 42.1. The van der Waals surface area contributed by atoms with Crippen molar-refractivity contribution in [1.29, 1.82) is 0 Å². The lowest BCUT2D eigenvalue weighted by Crippen LogP contribution is -2.25. The first-order valence-electron chi connectivity index (χ1n) is 24.3. The van der Waals surface area contributed by atoms with E-state index in [1.807, 2.05) is 0 Å². The number of carbonyl (C=O) groups excluding carboxylic acids is 3. The molecule has 0 aromatic heterocycles. The van der Waals surface area contributed by atoms with Crippen molar-refractivity contribution in [2.24, 2.45) is 0 Å². The summed E-state index contributed by atoms with van der Waals surface area (Å²) >= 11 is 3.87. The summed E-state index contributed by atoms with van der Waals surface area (Å²) in [5, 5.41) is 0.411. The summed E-state index contributed by atoms with van der Waals surface area (Å²) in [6, 6.07) is 8.92. The summed E-state index contributed by atoms with van der Waals surface area (Å²) in [6.07, 6.45) is 5.93.